The molecule has 6 nitrogen and oxygen atoms in total. The number of aryl methyl sites for hydroxylation is 1. The topological polar surface area (TPSA) is 71.5 Å². The Morgan fingerprint density at radius 3 is 2.75 bits per heavy atom. The van der Waals surface area contributed by atoms with Crippen LogP contribution in [0.5, 0.6) is 5.75 Å². The van der Waals surface area contributed by atoms with Crippen LogP contribution in [0.15, 0.2) is 24.3 Å². The smallest absolute Gasteiger partial charge is 0.282 e. The van der Waals surface area contributed by atoms with Crippen molar-refractivity contribution in [1.29, 1.82) is 0 Å². The first-order chi connectivity index (χ1) is 11.6. The summed E-state index contributed by atoms with van der Waals surface area (Å²) in [5, 5.41) is 3.29. The maximum Gasteiger partial charge on any atom is 0.282 e. The van der Waals surface area contributed by atoms with E-state index in [0.29, 0.717) is 11.7 Å². The summed E-state index contributed by atoms with van der Waals surface area (Å²) in [6, 6.07) is 7.63. The molecule has 0 saturated carbocycles. The first-order valence-corrected chi connectivity index (χ1v) is 9.20. The van der Waals surface area contributed by atoms with Crippen molar-refractivity contribution in [2.45, 2.75) is 6.92 Å². The minimum absolute atomic E-state index is 0.0422. The number of hydrogen-bond donors (Lipinski definition) is 1. The Morgan fingerprint density at radius 1 is 1.38 bits per heavy atom. The predicted octanol–water partition coefficient (Wildman–Crippen LogP) is 3.23. The molecule has 126 valence electrons. The molecule has 1 fully saturated rings. The molecule has 1 N–H and O–H groups in total. The Kier molecular flexibility index (Phi) is 5.06. The molecular weight excluding hydrogens is 346 g/mol. The van der Waals surface area contributed by atoms with Gasteiger partial charge in [-0.05, 0) is 31.2 Å². The number of thiazole rings is 1. The highest BCUT2D eigenvalue weighted by molar-refractivity contribution is 8.13. The summed E-state index contributed by atoms with van der Waals surface area (Å²) >= 11 is 2.67. The normalized spacial score (nSPS) is 14.1. The molecule has 2 aromatic rings. The maximum atomic E-state index is 12.1. The summed E-state index contributed by atoms with van der Waals surface area (Å²) in [6.07, 6.45) is 0. The van der Waals surface area contributed by atoms with Gasteiger partial charge in [-0.1, -0.05) is 11.8 Å². The molecule has 0 radical (unpaired) electrons. The van der Waals surface area contributed by atoms with Gasteiger partial charge in [-0.2, -0.15) is 0 Å². The van der Waals surface area contributed by atoms with E-state index in [-0.39, 0.29) is 17.7 Å². The lowest BCUT2D eigenvalue weighted by molar-refractivity contribution is -0.116. The van der Waals surface area contributed by atoms with Gasteiger partial charge in [0.1, 0.15) is 12.3 Å². The van der Waals surface area contributed by atoms with Crippen molar-refractivity contribution in [3.8, 4) is 17.0 Å². The molecule has 0 atom stereocenters. The summed E-state index contributed by atoms with van der Waals surface area (Å²) in [5.74, 6) is 1.30. The van der Waals surface area contributed by atoms with Gasteiger partial charge >= 0.3 is 0 Å². The summed E-state index contributed by atoms with van der Waals surface area (Å²) in [6.45, 7) is 2.65. The number of hydrogen-bond acceptors (Lipinski definition) is 6. The van der Waals surface area contributed by atoms with Crippen LogP contribution >= 0.6 is 23.1 Å². The number of nitrogens with zero attached hydrogens (tertiary/aromatic N) is 2. The monoisotopic (exact) mass is 363 g/mol. The third kappa shape index (κ3) is 3.70. The lowest BCUT2D eigenvalue weighted by Gasteiger charge is -2.12. The number of nitrogens with one attached hydrogen (secondary N) is 1. The molecule has 1 aromatic carbocycles. The van der Waals surface area contributed by atoms with E-state index in [9.17, 15) is 9.59 Å². The maximum absolute atomic E-state index is 12.1. The van der Waals surface area contributed by atoms with Gasteiger partial charge in [0.05, 0.1) is 12.8 Å². The number of ether oxygens (including phenoxy) is 1. The van der Waals surface area contributed by atoms with Gasteiger partial charge in [0.25, 0.3) is 5.24 Å². The number of anilines is 1. The second-order valence-corrected chi connectivity index (χ2v) is 7.49. The van der Waals surface area contributed by atoms with E-state index in [0.717, 1.165) is 27.6 Å². The van der Waals surface area contributed by atoms with Crippen LogP contribution in [-0.4, -0.2) is 47.0 Å². The molecule has 0 aliphatic carbocycles. The molecule has 2 amide bonds. The van der Waals surface area contributed by atoms with Gasteiger partial charge in [-0.25, -0.2) is 4.98 Å². The van der Waals surface area contributed by atoms with E-state index in [1.54, 1.807) is 12.0 Å². The van der Waals surface area contributed by atoms with Crippen molar-refractivity contribution in [2.24, 2.45) is 0 Å². The molecule has 0 bridgehead atoms. The van der Waals surface area contributed by atoms with Gasteiger partial charge in [-0.3, -0.25) is 9.59 Å². The largest absolute Gasteiger partial charge is 0.497 e. The van der Waals surface area contributed by atoms with Crippen LogP contribution in [0, 0.1) is 6.92 Å². The van der Waals surface area contributed by atoms with Crippen molar-refractivity contribution in [3.63, 3.8) is 0 Å². The van der Waals surface area contributed by atoms with Crippen molar-refractivity contribution in [3.05, 3.63) is 29.1 Å². The molecule has 0 spiro atoms. The zero-order valence-electron chi connectivity index (χ0n) is 13.4. The Labute approximate surface area is 148 Å². The highest BCUT2D eigenvalue weighted by atomic mass is 32.2. The van der Waals surface area contributed by atoms with E-state index in [2.05, 4.69) is 10.3 Å². The molecule has 1 aliphatic heterocycles. The highest BCUT2D eigenvalue weighted by Gasteiger charge is 2.23. The Morgan fingerprint density at radius 2 is 2.12 bits per heavy atom. The number of methoxy groups -OCH3 is 1. The molecule has 1 aliphatic rings. The van der Waals surface area contributed by atoms with E-state index < -0.39 is 0 Å². The van der Waals surface area contributed by atoms with Gasteiger partial charge in [-0.15, -0.1) is 11.3 Å². The number of rotatable bonds is 5. The first kappa shape index (κ1) is 16.8. The molecule has 0 unspecified atom stereocenters. The average Bonchev–Trinajstić information content (AvgIpc) is 3.13. The third-order valence-electron chi connectivity index (χ3n) is 3.59. The average molecular weight is 363 g/mol. The van der Waals surface area contributed by atoms with Gasteiger partial charge < -0.3 is 15.0 Å². The predicted molar refractivity (Wildman–Crippen MR) is 96.9 cm³/mol. The summed E-state index contributed by atoms with van der Waals surface area (Å²) in [4.78, 5) is 30.7. The molecule has 3 rings (SSSR count). The zero-order chi connectivity index (χ0) is 17.1. The molecular formula is C16H17N3O3S2. The number of aromatic nitrogens is 1. The Balaban J connectivity index is 1.69. The second kappa shape index (κ2) is 7.23. The van der Waals surface area contributed by atoms with Crippen LogP contribution in [0.4, 0.5) is 9.93 Å². The standard InChI is InChI=1S/C16H17N3O3S2/c1-10-14(11-3-5-12(22-2)6-4-11)18-15(24-10)17-13(20)9-19-7-8-23-16(19)21/h3-6H,7-9H2,1-2H3,(H,17,18,20). The first-order valence-electron chi connectivity index (χ1n) is 7.40. The molecule has 2 heterocycles. The Bertz CT molecular complexity index is 758. The number of amides is 2. The zero-order valence-corrected chi connectivity index (χ0v) is 15.0. The van der Waals surface area contributed by atoms with Gasteiger partial charge in [0.2, 0.25) is 5.91 Å². The third-order valence-corrected chi connectivity index (χ3v) is 5.36. The van der Waals surface area contributed by atoms with Crippen LogP contribution in [0.25, 0.3) is 11.3 Å². The molecule has 8 heteroatoms. The van der Waals surface area contributed by atoms with Crippen molar-refractivity contribution < 1.29 is 14.3 Å². The van der Waals surface area contributed by atoms with E-state index >= 15 is 0 Å². The van der Waals surface area contributed by atoms with Crippen LogP contribution in [0.3, 0.4) is 0 Å². The van der Waals surface area contributed by atoms with Crippen molar-refractivity contribution in [1.82, 2.24) is 9.88 Å². The van der Waals surface area contributed by atoms with Crippen LogP contribution in [0.2, 0.25) is 0 Å². The fourth-order valence-electron chi connectivity index (χ4n) is 2.37. The lowest BCUT2D eigenvalue weighted by Crippen LogP contribution is -2.33. The number of carbonyl (C=O) groups is 2. The van der Waals surface area contributed by atoms with Crippen molar-refractivity contribution in [2.75, 3.05) is 31.3 Å². The quantitative estimate of drug-likeness (QED) is 0.883. The fraction of sp³-hybridized carbons (Fsp3) is 0.312. The molecule has 1 aromatic heterocycles. The fourth-order valence-corrected chi connectivity index (χ4v) is 4.04. The minimum Gasteiger partial charge on any atom is -0.497 e. The van der Waals surface area contributed by atoms with E-state index in [4.69, 9.17) is 4.74 Å². The van der Waals surface area contributed by atoms with Gasteiger partial charge in [0.15, 0.2) is 5.13 Å². The summed E-state index contributed by atoms with van der Waals surface area (Å²) in [5.41, 5.74) is 1.81. The lowest BCUT2D eigenvalue weighted by atomic mass is 10.1. The highest BCUT2D eigenvalue weighted by Crippen LogP contribution is 2.31. The van der Waals surface area contributed by atoms with Crippen LogP contribution < -0.4 is 10.1 Å². The number of thioether (sulfide) groups is 1. The summed E-state index contributed by atoms with van der Waals surface area (Å²) in [7, 11) is 1.63. The molecule has 1 saturated heterocycles. The van der Waals surface area contributed by atoms with Crippen LogP contribution in [-0.2, 0) is 4.79 Å². The van der Waals surface area contributed by atoms with Crippen LogP contribution in [0.1, 0.15) is 4.88 Å². The van der Waals surface area contributed by atoms with Crippen molar-refractivity contribution >= 4 is 39.4 Å². The molecule has 24 heavy (non-hydrogen) atoms. The van der Waals surface area contributed by atoms with Gasteiger partial charge in [0, 0.05) is 22.7 Å². The SMILES string of the molecule is COc1ccc(-c2nc(NC(=O)CN3CCSC3=O)sc2C)cc1. The number of benzene rings is 1. The Hall–Kier alpha value is -2.06. The number of carbonyl (C=O) groups excluding carboxylic acids is 2. The second-order valence-electron chi connectivity index (χ2n) is 5.24. The summed E-state index contributed by atoms with van der Waals surface area (Å²) < 4.78 is 5.16. The van der Waals surface area contributed by atoms with E-state index in [1.807, 2.05) is 31.2 Å². The van der Waals surface area contributed by atoms with E-state index in [1.165, 1.54) is 23.1 Å². The minimum atomic E-state index is -0.221.